The van der Waals surface area contributed by atoms with Crippen LogP contribution in [0.25, 0.3) is 0 Å². The van der Waals surface area contributed by atoms with Crippen LogP contribution in [0.2, 0.25) is 0 Å². The van der Waals surface area contributed by atoms with Gasteiger partial charge in [0.1, 0.15) is 6.61 Å². The molecule has 0 atom stereocenters. The number of aromatic nitrogens is 2. The summed E-state index contributed by atoms with van der Waals surface area (Å²) in [6, 6.07) is 0. The monoisotopic (exact) mass is 256 g/mol. The number of hydrogen-bond donors (Lipinski definition) is 0. The summed E-state index contributed by atoms with van der Waals surface area (Å²) < 4.78 is 19.8. The van der Waals surface area contributed by atoms with Gasteiger partial charge in [0.05, 0.1) is 39.3 Å². The molecule has 0 bridgehead atoms. The number of rotatable bonds is 8. The van der Waals surface area contributed by atoms with Crippen molar-refractivity contribution in [1.29, 1.82) is 0 Å². The van der Waals surface area contributed by atoms with Crippen molar-refractivity contribution in [3.63, 3.8) is 0 Å². The Bertz CT molecular complexity index is 355. The number of methoxy groups -OCH3 is 2. The second-order valence-corrected chi connectivity index (χ2v) is 3.19. The number of carbonyl (C=O) groups excluding carboxylic acids is 1. The second kappa shape index (κ2) is 8.37. The molecule has 1 heterocycles. The predicted molar refractivity (Wildman–Crippen MR) is 61.6 cm³/mol. The molecule has 1 aromatic rings. The lowest BCUT2D eigenvalue weighted by molar-refractivity contribution is 0.0534. The molecule has 0 amide bonds. The number of carbonyl (C=O) groups is 1. The van der Waals surface area contributed by atoms with E-state index in [1.165, 1.54) is 19.5 Å². The van der Waals surface area contributed by atoms with Crippen molar-refractivity contribution in [3.05, 3.63) is 18.1 Å². The summed E-state index contributed by atoms with van der Waals surface area (Å²) in [6.45, 7) is 1.86. The van der Waals surface area contributed by atoms with Gasteiger partial charge in [-0.25, -0.2) is 14.8 Å². The largest absolute Gasteiger partial charge is 0.474 e. The van der Waals surface area contributed by atoms with Gasteiger partial charge in [0.2, 0.25) is 5.88 Å². The van der Waals surface area contributed by atoms with Gasteiger partial charge in [0.25, 0.3) is 0 Å². The molecule has 0 N–H and O–H groups in total. The molecule has 0 fully saturated rings. The molecule has 0 aliphatic heterocycles. The fourth-order valence-electron chi connectivity index (χ4n) is 1.05. The highest BCUT2D eigenvalue weighted by Gasteiger charge is 2.07. The van der Waals surface area contributed by atoms with Gasteiger partial charge in [-0.15, -0.1) is 0 Å². The highest BCUT2D eigenvalue weighted by molar-refractivity contribution is 5.86. The molecule has 1 aromatic heterocycles. The minimum atomic E-state index is -0.531. The van der Waals surface area contributed by atoms with Gasteiger partial charge in [-0.1, -0.05) is 0 Å². The van der Waals surface area contributed by atoms with Crippen molar-refractivity contribution in [2.45, 2.75) is 0 Å². The van der Waals surface area contributed by atoms with Crippen molar-refractivity contribution in [3.8, 4) is 5.88 Å². The summed E-state index contributed by atoms with van der Waals surface area (Å²) in [5.74, 6) is -0.199. The van der Waals surface area contributed by atoms with Gasteiger partial charge in [0, 0.05) is 7.11 Å². The number of nitrogens with zero attached hydrogens (tertiary/aromatic N) is 2. The van der Waals surface area contributed by atoms with Crippen molar-refractivity contribution in [2.24, 2.45) is 0 Å². The van der Waals surface area contributed by atoms with E-state index in [4.69, 9.17) is 14.2 Å². The van der Waals surface area contributed by atoms with Crippen LogP contribution in [0.3, 0.4) is 0 Å². The first-order valence-corrected chi connectivity index (χ1v) is 5.37. The first kappa shape index (κ1) is 14.3. The molecule has 0 spiro atoms. The minimum Gasteiger partial charge on any atom is -0.474 e. The van der Waals surface area contributed by atoms with Gasteiger partial charge >= 0.3 is 5.97 Å². The van der Waals surface area contributed by atoms with Crippen molar-refractivity contribution in [2.75, 3.05) is 40.6 Å². The average molecular weight is 256 g/mol. The van der Waals surface area contributed by atoms with Gasteiger partial charge in [0.15, 0.2) is 5.69 Å². The van der Waals surface area contributed by atoms with E-state index in [1.54, 1.807) is 7.11 Å². The number of ether oxygens (including phenoxy) is 4. The molecule has 7 nitrogen and oxygen atoms in total. The molecule has 100 valence electrons. The van der Waals surface area contributed by atoms with Crippen LogP contribution in [0.1, 0.15) is 10.5 Å². The van der Waals surface area contributed by atoms with Gasteiger partial charge < -0.3 is 18.9 Å². The SMILES string of the molecule is COCCOCCOc1cnc(C(=O)OC)cn1. The molecule has 0 radical (unpaired) electrons. The molecular formula is C11H16N2O5. The molecule has 0 saturated heterocycles. The molecule has 0 unspecified atom stereocenters. The Balaban J connectivity index is 2.25. The van der Waals surface area contributed by atoms with Gasteiger partial charge in [-0.3, -0.25) is 0 Å². The zero-order valence-electron chi connectivity index (χ0n) is 10.4. The molecular weight excluding hydrogens is 240 g/mol. The van der Waals surface area contributed by atoms with Crippen molar-refractivity contribution >= 4 is 5.97 Å². The summed E-state index contributed by atoms with van der Waals surface area (Å²) in [6.07, 6.45) is 2.66. The van der Waals surface area contributed by atoms with E-state index in [-0.39, 0.29) is 5.69 Å². The highest BCUT2D eigenvalue weighted by Crippen LogP contribution is 2.04. The summed E-state index contributed by atoms with van der Waals surface area (Å²) in [4.78, 5) is 18.9. The fraction of sp³-hybridized carbons (Fsp3) is 0.545. The van der Waals surface area contributed by atoms with Crippen LogP contribution in [0, 0.1) is 0 Å². The third-order valence-corrected chi connectivity index (χ3v) is 1.93. The Morgan fingerprint density at radius 2 is 1.89 bits per heavy atom. The van der Waals surface area contributed by atoms with Crippen LogP contribution in [-0.4, -0.2) is 56.6 Å². The third kappa shape index (κ3) is 5.07. The minimum absolute atomic E-state index is 0.140. The average Bonchev–Trinajstić information content (AvgIpc) is 2.42. The molecule has 0 saturated carbocycles. The first-order valence-electron chi connectivity index (χ1n) is 5.37. The Hall–Kier alpha value is -1.73. The maximum Gasteiger partial charge on any atom is 0.358 e. The second-order valence-electron chi connectivity index (χ2n) is 3.19. The van der Waals surface area contributed by atoms with Gasteiger partial charge in [-0.05, 0) is 0 Å². The molecule has 0 aliphatic rings. The maximum atomic E-state index is 11.1. The Morgan fingerprint density at radius 3 is 2.50 bits per heavy atom. The lowest BCUT2D eigenvalue weighted by Gasteiger charge is -2.06. The Kier molecular flexibility index (Phi) is 6.67. The van der Waals surface area contributed by atoms with Crippen LogP contribution in [0.15, 0.2) is 12.4 Å². The lowest BCUT2D eigenvalue weighted by Crippen LogP contribution is -2.11. The van der Waals surface area contributed by atoms with E-state index < -0.39 is 5.97 Å². The normalized spacial score (nSPS) is 10.1. The first-order chi connectivity index (χ1) is 8.77. The van der Waals surface area contributed by atoms with E-state index in [1.807, 2.05) is 0 Å². The maximum absolute atomic E-state index is 11.1. The smallest absolute Gasteiger partial charge is 0.358 e. The van der Waals surface area contributed by atoms with E-state index in [2.05, 4.69) is 14.7 Å². The number of esters is 1. The zero-order chi connectivity index (χ0) is 13.2. The van der Waals surface area contributed by atoms with Gasteiger partial charge in [-0.2, -0.15) is 0 Å². The predicted octanol–water partition coefficient (Wildman–Crippen LogP) is 0.305. The van der Waals surface area contributed by atoms with Crippen LogP contribution >= 0.6 is 0 Å². The Morgan fingerprint density at radius 1 is 1.11 bits per heavy atom. The van der Waals surface area contributed by atoms with Crippen LogP contribution < -0.4 is 4.74 Å². The number of hydrogen-bond acceptors (Lipinski definition) is 7. The van der Waals surface area contributed by atoms with Crippen molar-refractivity contribution < 1.29 is 23.7 Å². The summed E-state index contributed by atoms with van der Waals surface area (Å²) in [7, 11) is 2.89. The fourth-order valence-corrected chi connectivity index (χ4v) is 1.05. The zero-order valence-corrected chi connectivity index (χ0v) is 10.4. The highest BCUT2D eigenvalue weighted by atomic mass is 16.5. The molecule has 1 rings (SSSR count). The standard InChI is InChI=1S/C11H16N2O5/c1-15-3-4-17-5-6-18-10-8-12-9(7-13-10)11(14)16-2/h7-8H,3-6H2,1-2H3. The summed E-state index contributed by atoms with van der Waals surface area (Å²) >= 11 is 0. The molecule has 7 heteroatoms. The van der Waals surface area contributed by atoms with Crippen LogP contribution in [-0.2, 0) is 14.2 Å². The van der Waals surface area contributed by atoms with E-state index in [0.29, 0.717) is 32.3 Å². The Labute approximate surface area is 105 Å². The molecule has 18 heavy (non-hydrogen) atoms. The molecule has 0 aliphatic carbocycles. The van der Waals surface area contributed by atoms with E-state index >= 15 is 0 Å². The quantitative estimate of drug-likeness (QED) is 0.489. The lowest BCUT2D eigenvalue weighted by atomic mass is 10.4. The summed E-state index contributed by atoms with van der Waals surface area (Å²) in [5, 5.41) is 0. The van der Waals surface area contributed by atoms with E-state index in [0.717, 1.165) is 0 Å². The van der Waals surface area contributed by atoms with Crippen molar-refractivity contribution in [1.82, 2.24) is 9.97 Å². The molecule has 0 aromatic carbocycles. The third-order valence-electron chi connectivity index (χ3n) is 1.93. The van der Waals surface area contributed by atoms with Crippen LogP contribution in [0.4, 0.5) is 0 Å². The topological polar surface area (TPSA) is 79.8 Å². The van der Waals surface area contributed by atoms with E-state index in [9.17, 15) is 4.79 Å². The van der Waals surface area contributed by atoms with Crippen LogP contribution in [0.5, 0.6) is 5.88 Å². The summed E-state index contributed by atoms with van der Waals surface area (Å²) in [5.41, 5.74) is 0.140.